The van der Waals surface area contributed by atoms with Crippen molar-refractivity contribution in [1.29, 1.82) is 0 Å². The van der Waals surface area contributed by atoms with Crippen molar-refractivity contribution >= 4 is 10.0 Å². The second kappa shape index (κ2) is 8.66. The highest BCUT2D eigenvalue weighted by Gasteiger charge is 2.64. The molecule has 0 unspecified atom stereocenters. The summed E-state index contributed by atoms with van der Waals surface area (Å²) in [6, 6.07) is 0. The third-order valence-electron chi connectivity index (χ3n) is 10.9. The molecule has 32 heavy (non-hydrogen) atoms. The summed E-state index contributed by atoms with van der Waals surface area (Å²) in [6.07, 6.45) is 10.5. The number of hydrogen-bond donors (Lipinski definition) is 3. The van der Waals surface area contributed by atoms with Crippen LogP contribution in [0.25, 0.3) is 0 Å². The van der Waals surface area contributed by atoms with E-state index < -0.39 is 10.0 Å². The number of rotatable bonds is 5. The molecule has 0 spiro atoms. The molecule has 4 aliphatic carbocycles. The summed E-state index contributed by atoms with van der Waals surface area (Å²) in [6.45, 7) is 9.41. The first-order valence-corrected chi connectivity index (χ1v) is 14.6. The molecule has 0 aromatic rings. The molecule has 4 N–H and O–H groups in total. The summed E-state index contributed by atoms with van der Waals surface area (Å²) >= 11 is 0. The molecule has 0 heterocycles. The van der Waals surface area contributed by atoms with Gasteiger partial charge in [-0.25, -0.2) is 13.6 Å². The number of allylic oxidation sites excluding steroid dienone is 1. The van der Waals surface area contributed by atoms with Crippen LogP contribution in [0.2, 0.25) is 0 Å². The maximum absolute atomic E-state index is 11.7. The van der Waals surface area contributed by atoms with Gasteiger partial charge in [-0.3, -0.25) is 0 Å². The number of fused-ring (bicyclic) bond motifs is 5. The lowest BCUT2D eigenvalue weighted by molar-refractivity contribution is -0.203. The first-order chi connectivity index (χ1) is 14.9. The van der Waals surface area contributed by atoms with Gasteiger partial charge in [0, 0.05) is 5.41 Å². The zero-order chi connectivity index (χ0) is 23.5. The van der Waals surface area contributed by atoms with Crippen LogP contribution in [0, 0.1) is 52.3 Å². The lowest BCUT2D eigenvalue weighted by Crippen LogP contribution is -2.62. The van der Waals surface area contributed by atoms with Gasteiger partial charge in [0.05, 0.1) is 12.2 Å². The fourth-order valence-electron chi connectivity index (χ4n) is 9.50. The fraction of sp³-hybridized carbons (Fsp3) is 0.923. The van der Waals surface area contributed by atoms with Crippen molar-refractivity contribution in [2.45, 2.75) is 97.7 Å². The Morgan fingerprint density at radius 3 is 2.34 bits per heavy atom. The Labute approximate surface area is 195 Å². The molecule has 184 valence electrons. The predicted octanol–water partition coefficient (Wildman–Crippen LogP) is 4.44. The summed E-state index contributed by atoms with van der Waals surface area (Å²) in [5.41, 5.74) is 0.430. The van der Waals surface area contributed by atoms with Crippen LogP contribution in [0.3, 0.4) is 0 Å². The van der Waals surface area contributed by atoms with Gasteiger partial charge in [-0.1, -0.05) is 40.2 Å². The molecular weight excluding hydrogens is 422 g/mol. The van der Waals surface area contributed by atoms with Crippen molar-refractivity contribution in [3.05, 3.63) is 11.5 Å². The third-order valence-corrected chi connectivity index (χ3v) is 11.5. The van der Waals surface area contributed by atoms with E-state index in [0.29, 0.717) is 35.5 Å². The summed E-state index contributed by atoms with van der Waals surface area (Å²) in [4.78, 5) is 0. The van der Waals surface area contributed by atoms with Crippen LogP contribution in [-0.2, 0) is 10.0 Å². The molecule has 4 fully saturated rings. The molecule has 0 radical (unpaired) electrons. The van der Waals surface area contributed by atoms with Crippen LogP contribution < -0.4 is 5.14 Å². The van der Waals surface area contributed by atoms with Gasteiger partial charge in [0.1, 0.15) is 0 Å². The largest absolute Gasteiger partial charge is 0.393 e. The Balaban J connectivity index is 1.59. The van der Waals surface area contributed by atoms with E-state index in [2.05, 4.69) is 27.7 Å². The van der Waals surface area contributed by atoms with E-state index in [1.165, 1.54) is 19.3 Å². The number of aliphatic hydroxyl groups excluding tert-OH is 2. The number of aliphatic hydroxyl groups is 2. The highest BCUT2D eigenvalue weighted by atomic mass is 32.2. The minimum atomic E-state index is -3.57. The highest BCUT2D eigenvalue weighted by molar-refractivity contribution is 7.92. The van der Waals surface area contributed by atoms with E-state index in [-0.39, 0.29) is 29.0 Å². The molecule has 11 atom stereocenters. The predicted molar refractivity (Wildman–Crippen MR) is 128 cm³/mol. The second-order valence-electron chi connectivity index (χ2n) is 12.3. The van der Waals surface area contributed by atoms with Crippen molar-refractivity contribution in [2.24, 2.45) is 57.4 Å². The SMILES string of the molecule is CC[C@H]1[C@@H](O)[C@@H]2[C@H](CC[C@]3(C)[C@@H]([C@H](C)CC=CS(N)(=O)=O)CC[C@@H]23)[C@@]2(C)CC[C@@H](O)C[C@@H]12. The lowest BCUT2D eigenvalue weighted by atomic mass is 9.41. The van der Waals surface area contributed by atoms with Crippen molar-refractivity contribution in [3.63, 3.8) is 0 Å². The van der Waals surface area contributed by atoms with Crippen LogP contribution in [-0.4, -0.2) is 30.8 Å². The van der Waals surface area contributed by atoms with Gasteiger partial charge in [-0.05, 0) is 104 Å². The summed E-state index contributed by atoms with van der Waals surface area (Å²) in [5.74, 6) is 3.09. The van der Waals surface area contributed by atoms with Crippen molar-refractivity contribution in [1.82, 2.24) is 0 Å². The summed E-state index contributed by atoms with van der Waals surface area (Å²) in [5, 5.41) is 28.5. The summed E-state index contributed by atoms with van der Waals surface area (Å²) < 4.78 is 22.6. The van der Waals surface area contributed by atoms with Crippen molar-refractivity contribution < 1.29 is 18.6 Å². The minimum absolute atomic E-state index is 0.201. The molecule has 0 bridgehead atoms. The Bertz CT molecular complexity index is 828. The lowest BCUT2D eigenvalue weighted by Gasteiger charge is -2.64. The Morgan fingerprint density at radius 2 is 1.69 bits per heavy atom. The average molecular weight is 468 g/mol. The van der Waals surface area contributed by atoms with E-state index in [0.717, 1.165) is 43.9 Å². The number of hydrogen-bond acceptors (Lipinski definition) is 4. The third kappa shape index (κ3) is 4.01. The maximum Gasteiger partial charge on any atom is 0.230 e. The first kappa shape index (κ1) is 24.7. The van der Waals surface area contributed by atoms with Gasteiger partial charge in [-0.15, -0.1) is 0 Å². The maximum atomic E-state index is 11.7. The Kier molecular flexibility index (Phi) is 6.68. The number of nitrogens with two attached hydrogens (primary N) is 1. The van der Waals surface area contributed by atoms with Gasteiger partial charge >= 0.3 is 0 Å². The normalized spacial score (nSPS) is 50.0. The smallest absolute Gasteiger partial charge is 0.230 e. The van der Waals surface area contributed by atoms with E-state index in [4.69, 9.17) is 5.14 Å². The number of primary sulfonamides is 1. The van der Waals surface area contributed by atoms with E-state index in [1.54, 1.807) is 6.08 Å². The van der Waals surface area contributed by atoms with Crippen molar-refractivity contribution in [3.8, 4) is 0 Å². The van der Waals surface area contributed by atoms with Crippen LogP contribution in [0.4, 0.5) is 0 Å². The van der Waals surface area contributed by atoms with Gasteiger partial charge in [0.25, 0.3) is 0 Å². The van der Waals surface area contributed by atoms with Gasteiger partial charge in [0.2, 0.25) is 10.0 Å². The molecule has 0 amide bonds. The van der Waals surface area contributed by atoms with Gasteiger partial charge < -0.3 is 10.2 Å². The molecular formula is C26H45NO4S. The monoisotopic (exact) mass is 467 g/mol. The average Bonchev–Trinajstić information content (AvgIpc) is 3.06. The van der Waals surface area contributed by atoms with Crippen LogP contribution >= 0.6 is 0 Å². The fourth-order valence-corrected chi connectivity index (χ4v) is 9.88. The zero-order valence-electron chi connectivity index (χ0n) is 20.4. The van der Waals surface area contributed by atoms with Crippen LogP contribution in [0.1, 0.15) is 85.5 Å². The quantitative estimate of drug-likeness (QED) is 0.556. The highest BCUT2D eigenvalue weighted by Crippen LogP contribution is 2.69. The van der Waals surface area contributed by atoms with Gasteiger partial charge in [0.15, 0.2) is 0 Å². The molecule has 6 heteroatoms. The first-order valence-electron chi connectivity index (χ1n) is 13.0. The van der Waals surface area contributed by atoms with Crippen LogP contribution in [0.5, 0.6) is 0 Å². The van der Waals surface area contributed by atoms with E-state index >= 15 is 0 Å². The van der Waals surface area contributed by atoms with Gasteiger partial charge in [-0.2, -0.15) is 0 Å². The summed E-state index contributed by atoms with van der Waals surface area (Å²) in [7, 11) is -3.57. The number of sulfonamides is 1. The molecule has 0 aromatic heterocycles. The molecule has 5 nitrogen and oxygen atoms in total. The van der Waals surface area contributed by atoms with E-state index in [1.807, 2.05) is 0 Å². The van der Waals surface area contributed by atoms with Crippen LogP contribution in [0.15, 0.2) is 11.5 Å². The molecule has 0 aliphatic heterocycles. The molecule has 4 aliphatic rings. The topological polar surface area (TPSA) is 101 Å². The molecule has 4 saturated carbocycles. The molecule has 4 rings (SSSR count). The molecule has 0 saturated heterocycles. The Hall–Kier alpha value is -0.430. The van der Waals surface area contributed by atoms with E-state index in [9.17, 15) is 18.6 Å². The standard InChI is InChI=1S/C26H45NO4S/c1-5-18-22-15-17(28)10-12-26(22,4)21-11-13-25(3)19(8-9-20(25)23(21)24(18)29)16(2)7-6-14-32(27,30)31/h6,14,16-24,28-29H,5,7-13,15H2,1-4H3,(H2,27,30,31)/t16-,17-,18-,19-,20+,21+,22+,23+,24-,25-,26-/m1/s1. The Morgan fingerprint density at radius 1 is 1.03 bits per heavy atom. The molecule has 0 aromatic carbocycles. The zero-order valence-corrected chi connectivity index (χ0v) is 21.2. The minimum Gasteiger partial charge on any atom is -0.393 e. The second-order valence-corrected chi connectivity index (χ2v) is 13.7. The van der Waals surface area contributed by atoms with Crippen molar-refractivity contribution in [2.75, 3.05) is 0 Å².